The van der Waals surface area contributed by atoms with E-state index in [2.05, 4.69) is 10.6 Å². The summed E-state index contributed by atoms with van der Waals surface area (Å²) in [5.74, 6) is -0.0144. The zero-order chi connectivity index (χ0) is 22.0. The van der Waals surface area contributed by atoms with E-state index in [0.717, 1.165) is 0 Å². The van der Waals surface area contributed by atoms with Gasteiger partial charge in [-0.25, -0.2) is 0 Å². The van der Waals surface area contributed by atoms with Crippen LogP contribution in [0.5, 0.6) is 11.5 Å². The average Bonchev–Trinajstić information content (AvgIpc) is 3.25. The first-order valence-corrected chi connectivity index (χ1v) is 9.80. The van der Waals surface area contributed by atoms with Crippen molar-refractivity contribution in [2.24, 2.45) is 0 Å². The van der Waals surface area contributed by atoms with Gasteiger partial charge in [-0.15, -0.1) is 0 Å². The lowest BCUT2D eigenvalue weighted by Gasteiger charge is -2.26. The van der Waals surface area contributed by atoms with E-state index in [9.17, 15) is 14.4 Å². The Hall–Kier alpha value is -4.07. The highest BCUT2D eigenvalue weighted by Gasteiger charge is 2.30. The number of hydrogen-bond donors (Lipinski definition) is 2. The van der Waals surface area contributed by atoms with Crippen LogP contribution in [0, 0.1) is 0 Å². The molecule has 31 heavy (non-hydrogen) atoms. The van der Waals surface area contributed by atoms with Gasteiger partial charge in [0.25, 0.3) is 11.8 Å². The summed E-state index contributed by atoms with van der Waals surface area (Å²) in [6.07, 6.45) is 1.38. The number of carbonyl (C=O) groups excluding carboxylic acids is 3. The lowest BCUT2D eigenvalue weighted by molar-refractivity contribution is -0.115. The second kappa shape index (κ2) is 8.35. The largest absolute Gasteiger partial charge is 0.459 e. The first kappa shape index (κ1) is 20.2. The van der Waals surface area contributed by atoms with Crippen molar-refractivity contribution >= 4 is 29.1 Å². The number of benzene rings is 2. The molecule has 2 N–H and O–H groups in total. The maximum absolute atomic E-state index is 13.1. The Labute approximate surface area is 178 Å². The van der Waals surface area contributed by atoms with Crippen molar-refractivity contribution in [3.63, 3.8) is 0 Å². The highest BCUT2D eigenvalue weighted by molar-refractivity contribution is 6.10. The minimum absolute atomic E-state index is 0.0988. The third-order valence-electron chi connectivity index (χ3n) is 4.73. The Kier molecular flexibility index (Phi) is 5.44. The second-order valence-electron chi connectivity index (χ2n) is 7.26. The molecule has 2 heterocycles. The van der Waals surface area contributed by atoms with Crippen LogP contribution in [0.25, 0.3) is 0 Å². The summed E-state index contributed by atoms with van der Waals surface area (Å²) in [5, 5.41) is 5.21. The summed E-state index contributed by atoms with van der Waals surface area (Å²) < 4.78 is 11.0. The predicted molar refractivity (Wildman–Crippen MR) is 115 cm³/mol. The van der Waals surface area contributed by atoms with Gasteiger partial charge >= 0.3 is 0 Å². The molecule has 0 bridgehead atoms. The molecule has 3 amide bonds. The second-order valence-corrected chi connectivity index (χ2v) is 7.26. The van der Waals surface area contributed by atoms with E-state index in [-0.39, 0.29) is 24.3 Å². The molecule has 0 saturated carbocycles. The molecule has 8 nitrogen and oxygen atoms in total. The van der Waals surface area contributed by atoms with Gasteiger partial charge in [-0.05, 0) is 50.2 Å². The number of ether oxygens (including phenoxy) is 1. The molecule has 1 aromatic heterocycles. The zero-order valence-corrected chi connectivity index (χ0v) is 17.0. The first-order chi connectivity index (χ1) is 14.9. The minimum Gasteiger partial charge on any atom is -0.459 e. The number of nitrogens with one attached hydrogen (secondary N) is 2. The Balaban J connectivity index is 1.54. The maximum atomic E-state index is 13.1. The topological polar surface area (TPSA) is 101 Å². The number of carbonyl (C=O) groups is 3. The molecule has 0 saturated heterocycles. The Morgan fingerprint density at radius 2 is 1.84 bits per heavy atom. The van der Waals surface area contributed by atoms with Gasteiger partial charge in [0, 0.05) is 17.8 Å². The van der Waals surface area contributed by atoms with Crippen LogP contribution in [0.2, 0.25) is 0 Å². The molecule has 0 spiro atoms. The minimum atomic E-state index is -0.479. The number of rotatable bonds is 5. The number of anilines is 2. The fourth-order valence-corrected chi connectivity index (χ4v) is 3.34. The van der Waals surface area contributed by atoms with Crippen molar-refractivity contribution in [1.29, 1.82) is 0 Å². The van der Waals surface area contributed by atoms with E-state index in [1.165, 1.54) is 12.3 Å². The van der Waals surface area contributed by atoms with Gasteiger partial charge in [0.05, 0.1) is 24.1 Å². The molecule has 0 aliphatic carbocycles. The monoisotopic (exact) mass is 419 g/mol. The highest BCUT2D eigenvalue weighted by atomic mass is 16.5. The van der Waals surface area contributed by atoms with E-state index in [0.29, 0.717) is 28.4 Å². The van der Waals surface area contributed by atoms with Crippen LogP contribution in [0.3, 0.4) is 0 Å². The van der Waals surface area contributed by atoms with Crippen molar-refractivity contribution in [2.75, 3.05) is 16.8 Å². The van der Waals surface area contributed by atoms with E-state index >= 15 is 0 Å². The van der Waals surface area contributed by atoms with Gasteiger partial charge in [-0.1, -0.05) is 12.1 Å². The summed E-state index contributed by atoms with van der Waals surface area (Å²) in [5.41, 5.74) is 1.56. The van der Waals surface area contributed by atoms with Crippen LogP contribution in [0.15, 0.2) is 65.3 Å². The van der Waals surface area contributed by atoms with E-state index < -0.39 is 11.8 Å². The normalized spacial score (nSPS) is 12.5. The molecular weight excluding hydrogens is 398 g/mol. The van der Waals surface area contributed by atoms with Gasteiger partial charge in [0.15, 0.2) is 11.5 Å². The van der Waals surface area contributed by atoms with Crippen LogP contribution >= 0.6 is 0 Å². The quantitative estimate of drug-likeness (QED) is 0.655. The lowest BCUT2D eigenvalue weighted by Crippen LogP contribution is -2.36. The Morgan fingerprint density at radius 1 is 1.03 bits per heavy atom. The van der Waals surface area contributed by atoms with Gasteiger partial charge in [0.2, 0.25) is 5.91 Å². The molecule has 0 atom stereocenters. The van der Waals surface area contributed by atoms with Crippen LogP contribution in [0.1, 0.15) is 34.8 Å². The molecule has 3 aromatic rings. The first-order valence-electron chi connectivity index (χ1n) is 9.80. The molecular formula is C23H21N3O5. The third kappa shape index (κ3) is 4.13. The number of para-hydroxylation sites is 1. The summed E-state index contributed by atoms with van der Waals surface area (Å²) in [4.78, 5) is 38.9. The third-order valence-corrected chi connectivity index (χ3v) is 4.73. The van der Waals surface area contributed by atoms with Gasteiger partial charge < -0.3 is 24.7 Å². The van der Waals surface area contributed by atoms with Gasteiger partial charge in [-0.3, -0.25) is 14.4 Å². The summed E-state index contributed by atoms with van der Waals surface area (Å²) >= 11 is 0. The van der Waals surface area contributed by atoms with E-state index in [4.69, 9.17) is 9.15 Å². The average molecular weight is 419 g/mol. The molecule has 1 aliphatic heterocycles. The van der Waals surface area contributed by atoms with Crippen molar-refractivity contribution in [3.8, 4) is 11.5 Å². The Morgan fingerprint density at radius 3 is 2.58 bits per heavy atom. The summed E-state index contributed by atoms with van der Waals surface area (Å²) in [6, 6.07) is 15.1. The number of fused-ring (bicyclic) bond motifs is 2. The van der Waals surface area contributed by atoms with E-state index in [1.807, 2.05) is 13.8 Å². The van der Waals surface area contributed by atoms with E-state index in [1.54, 1.807) is 53.4 Å². The standard InChI is InChI=1S/C23H21N3O5/c1-14(2)26-17-10-9-15(25-21(27)13-24-22(28)19-8-5-11-30-19)12-20(17)31-18-7-4-3-6-16(18)23(26)29/h3-12,14H,13H2,1-2H3,(H,24,28)(H,25,27). The summed E-state index contributed by atoms with van der Waals surface area (Å²) in [7, 11) is 0. The molecule has 4 rings (SSSR count). The number of furan rings is 1. The SMILES string of the molecule is CC(C)N1C(=O)c2ccccc2Oc2cc(NC(=O)CNC(=O)c3ccco3)ccc21. The molecule has 0 radical (unpaired) electrons. The lowest BCUT2D eigenvalue weighted by atomic mass is 10.1. The van der Waals surface area contributed by atoms with Crippen LogP contribution in [-0.4, -0.2) is 30.3 Å². The zero-order valence-electron chi connectivity index (χ0n) is 17.0. The molecule has 8 heteroatoms. The van der Waals surface area contributed by atoms with Crippen LogP contribution < -0.4 is 20.3 Å². The van der Waals surface area contributed by atoms with Crippen molar-refractivity contribution in [1.82, 2.24) is 5.32 Å². The van der Waals surface area contributed by atoms with Crippen molar-refractivity contribution < 1.29 is 23.5 Å². The van der Waals surface area contributed by atoms with Crippen molar-refractivity contribution in [3.05, 3.63) is 72.2 Å². The highest BCUT2D eigenvalue weighted by Crippen LogP contribution is 2.41. The smallest absolute Gasteiger partial charge is 0.287 e. The molecule has 2 aromatic carbocycles. The fraction of sp³-hybridized carbons (Fsp3) is 0.174. The summed E-state index contributed by atoms with van der Waals surface area (Å²) in [6.45, 7) is 3.62. The van der Waals surface area contributed by atoms with Crippen LogP contribution in [0.4, 0.5) is 11.4 Å². The van der Waals surface area contributed by atoms with Gasteiger partial charge in [0.1, 0.15) is 5.75 Å². The molecule has 0 fully saturated rings. The number of amides is 3. The fourth-order valence-electron chi connectivity index (χ4n) is 3.34. The molecule has 0 unspecified atom stereocenters. The maximum Gasteiger partial charge on any atom is 0.287 e. The van der Waals surface area contributed by atoms with Gasteiger partial charge in [-0.2, -0.15) is 0 Å². The predicted octanol–water partition coefficient (Wildman–Crippen LogP) is 3.81. The Bertz CT molecular complexity index is 1140. The van der Waals surface area contributed by atoms with Crippen LogP contribution in [-0.2, 0) is 4.79 Å². The van der Waals surface area contributed by atoms with Crippen molar-refractivity contribution in [2.45, 2.75) is 19.9 Å². The number of hydrogen-bond acceptors (Lipinski definition) is 5. The molecule has 158 valence electrons. The number of nitrogens with zero attached hydrogens (tertiary/aromatic N) is 1. The molecule has 1 aliphatic rings.